The highest BCUT2D eigenvalue weighted by Crippen LogP contribution is 2.57. The van der Waals surface area contributed by atoms with Crippen LogP contribution in [0.3, 0.4) is 0 Å². The van der Waals surface area contributed by atoms with Crippen LogP contribution in [-0.2, 0) is 0 Å². The first-order valence-electron chi connectivity index (χ1n) is 9.08. The van der Waals surface area contributed by atoms with Crippen LogP contribution in [0.5, 0.6) is 0 Å². The Kier molecular flexibility index (Phi) is 3.87. The SMILES string of the molecule is Cc1cc(C=NC23CC4CC(CC(C4)C2)C3)[nH]c1-c1ccc[nH]1.Cl. The molecule has 4 heteroatoms. The second-order valence-corrected chi connectivity index (χ2v) is 8.27. The summed E-state index contributed by atoms with van der Waals surface area (Å²) in [6.07, 6.45) is 12.5. The predicted molar refractivity (Wildman–Crippen MR) is 101 cm³/mol. The lowest BCUT2D eigenvalue weighted by molar-refractivity contribution is 0.00194. The summed E-state index contributed by atoms with van der Waals surface area (Å²) in [6, 6.07) is 6.37. The number of aromatic amines is 2. The van der Waals surface area contributed by atoms with Crippen molar-refractivity contribution in [2.24, 2.45) is 22.7 Å². The lowest BCUT2D eigenvalue weighted by Crippen LogP contribution is -2.49. The van der Waals surface area contributed by atoms with Crippen LogP contribution in [0.25, 0.3) is 11.4 Å². The van der Waals surface area contributed by atoms with Crippen molar-refractivity contribution >= 4 is 18.6 Å². The van der Waals surface area contributed by atoms with Crippen molar-refractivity contribution in [3.05, 3.63) is 35.7 Å². The molecule has 2 aromatic rings. The molecule has 6 rings (SSSR count). The predicted octanol–water partition coefficient (Wildman–Crippen LogP) is 5.13. The molecule has 2 heterocycles. The maximum Gasteiger partial charge on any atom is 0.0654 e. The maximum atomic E-state index is 5.16. The van der Waals surface area contributed by atoms with Crippen LogP contribution >= 0.6 is 12.4 Å². The van der Waals surface area contributed by atoms with E-state index in [0.29, 0.717) is 0 Å². The third kappa shape index (κ3) is 2.63. The quantitative estimate of drug-likeness (QED) is 0.726. The molecule has 0 saturated heterocycles. The molecule has 3 nitrogen and oxygen atoms in total. The van der Waals surface area contributed by atoms with Gasteiger partial charge in [0.05, 0.1) is 22.6 Å². The number of nitrogens with zero attached hydrogens (tertiary/aromatic N) is 1. The van der Waals surface area contributed by atoms with Gasteiger partial charge in [-0.25, -0.2) is 0 Å². The lowest BCUT2D eigenvalue weighted by atomic mass is 9.53. The Morgan fingerprint density at radius 1 is 1.12 bits per heavy atom. The molecule has 0 aliphatic heterocycles. The number of hydrogen-bond donors (Lipinski definition) is 2. The van der Waals surface area contributed by atoms with E-state index in [2.05, 4.69) is 35.2 Å². The maximum absolute atomic E-state index is 5.16. The zero-order chi connectivity index (χ0) is 15.4. The Morgan fingerprint density at radius 3 is 2.38 bits per heavy atom. The van der Waals surface area contributed by atoms with Gasteiger partial charge in [0.1, 0.15) is 0 Å². The molecule has 24 heavy (non-hydrogen) atoms. The summed E-state index contributed by atoms with van der Waals surface area (Å²) in [5, 5.41) is 0. The number of hydrogen-bond acceptors (Lipinski definition) is 1. The fraction of sp³-hybridized carbons (Fsp3) is 0.550. The van der Waals surface area contributed by atoms with E-state index < -0.39 is 0 Å². The van der Waals surface area contributed by atoms with Crippen LogP contribution in [0.4, 0.5) is 0 Å². The van der Waals surface area contributed by atoms with E-state index in [1.54, 1.807) is 0 Å². The Labute approximate surface area is 149 Å². The molecule has 128 valence electrons. The van der Waals surface area contributed by atoms with E-state index in [1.807, 2.05) is 12.3 Å². The molecule has 0 spiro atoms. The highest BCUT2D eigenvalue weighted by atomic mass is 35.5. The minimum atomic E-state index is 0. The van der Waals surface area contributed by atoms with Gasteiger partial charge in [-0.1, -0.05) is 0 Å². The molecule has 0 aromatic carbocycles. The van der Waals surface area contributed by atoms with Crippen molar-refractivity contribution < 1.29 is 0 Å². The molecule has 4 aliphatic rings. The fourth-order valence-electron chi connectivity index (χ4n) is 5.85. The highest BCUT2D eigenvalue weighted by molar-refractivity contribution is 5.85. The standard InChI is InChI=1S/C20H25N3.ClH/c1-13-5-17(23-19(13)18-3-2-4-21-18)12-22-20-9-14-6-15(10-20)8-16(7-14)11-20;/h2-5,12,14-16,21,23H,6-11H2,1H3;1H. The van der Waals surface area contributed by atoms with E-state index in [1.165, 1.54) is 49.8 Å². The summed E-state index contributed by atoms with van der Waals surface area (Å²) in [4.78, 5) is 12.0. The summed E-state index contributed by atoms with van der Waals surface area (Å²) in [7, 11) is 0. The monoisotopic (exact) mass is 343 g/mol. The van der Waals surface area contributed by atoms with Gasteiger partial charge in [0, 0.05) is 12.4 Å². The van der Waals surface area contributed by atoms with Crippen LogP contribution < -0.4 is 0 Å². The van der Waals surface area contributed by atoms with Crippen LogP contribution in [0.2, 0.25) is 0 Å². The molecule has 0 radical (unpaired) electrons. The summed E-state index contributed by atoms with van der Waals surface area (Å²) in [5.41, 5.74) is 5.02. The Morgan fingerprint density at radius 2 is 1.79 bits per heavy atom. The molecule has 2 aromatic heterocycles. The average molecular weight is 344 g/mol. The van der Waals surface area contributed by atoms with Gasteiger partial charge in [0.2, 0.25) is 0 Å². The minimum Gasteiger partial charge on any atom is -0.360 e. The average Bonchev–Trinajstić information content (AvgIpc) is 3.13. The molecule has 2 N–H and O–H groups in total. The number of rotatable bonds is 3. The summed E-state index contributed by atoms with van der Waals surface area (Å²) in [6.45, 7) is 2.16. The van der Waals surface area contributed by atoms with Gasteiger partial charge in [-0.3, -0.25) is 4.99 Å². The molecular weight excluding hydrogens is 318 g/mol. The van der Waals surface area contributed by atoms with Crippen molar-refractivity contribution in [2.75, 3.05) is 0 Å². The zero-order valence-corrected chi connectivity index (χ0v) is 15.0. The normalized spacial score (nSPS) is 34.0. The van der Waals surface area contributed by atoms with Crippen LogP contribution in [0.15, 0.2) is 29.4 Å². The lowest BCUT2D eigenvalue weighted by Gasteiger charge is -2.54. The number of H-pyrrole nitrogens is 2. The molecule has 4 fully saturated rings. The Hall–Kier alpha value is -1.48. The van der Waals surface area contributed by atoms with Crippen molar-refractivity contribution in [2.45, 2.75) is 51.0 Å². The van der Waals surface area contributed by atoms with Gasteiger partial charge in [0.15, 0.2) is 0 Å². The summed E-state index contributed by atoms with van der Waals surface area (Å²) in [5.74, 6) is 2.87. The number of halogens is 1. The Bertz CT molecular complexity index is 706. The highest BCUT2D eigenvalue weighted by Gasteiger charge is 2.50. The van der Waals surface area contributed by atoms with Crippen molar-refractivity contribution in [1.82, 2.24) is 9.97 Å². The Balaban J connectivity index is 0.00000146. The third-order valence-corrected chi connectivity index (χ3v) is 6.39. The molecule has 0 amide bonds. The van der Waals surface area contributed by atoms with Gasteiger partial charge in [-0.05, 0) is 87.0 Å². The van der Waals surface area contributed by atoms with Gasteiger partial charge < -0.3 is 9.97 Å². The van der Waals surface area contributed by atoms with E-state index in [9.17, 15) is 0 Å². The number of nitrogens with one attached hydrogen (secondary N) is 2. The fourth-order valence-corrected chi connectivity index (χ4v) is 5.85. The van der Waals surface area contributed by atoms with Gasteiger partial charge in [-0.2, -0.15) is 0 Å². The number of aryl methyl sites for hydroxylation is 1. The number of aliphatic imine (C=N–C) groups is 1. The van der Waals surface area contributed by atoms with E-state index in [0.717, 1.165) is 29.1 Å². The molecule has 0 unspecified atom stereocenters. The largest absolute Gasteiger partial charge is 0.360 e. The van der Waals surface area contributed by atoms with E-state index >= 15 is 0 Å². The van der Waals surface area contributed by atoms with Gasteiger partial charge >= 0.3 is 0 Å². The molecule has 0 atom stereocenters. The van der Waals surface area contributed by atoms with Crippen LogP contribution in [0, 0.1) is 24.7 Å². The topological polar surface area (TPSA) is 43.9 Å². The van der Waals surface area contributed by atoms with Gasteiger partial charge in [-0.15, -0.1) is 12.4 Å². The first kappa shape index (κ1) is 16.0. The first-order chi connectivity index (χ1) is 11.2. The van der Waals surface area contributed by atoms with Crippen molar-refractivity contribution in [3.63, 3.8) is 0 Å². The molecule has 4 bridgehead atoms. The zero-order valence-electron chi connectivity index (χ0n) is 14.2. The summed E-state index contributed by atoms with van der Waals surface area (Å²) < 4.78 is 0. The van der Waals surface area contributed by atoms with Crippen LogP contribution in [0.1, 0.15) is 49.8 Å². The van der Waals surface area contributed by atoms with E-state index in [4.69, 9.17) is 4.99 Å². The molecule has 4 saturated carbocycles. The van der Waals surface area contributed by atoms with E-state index in [-0.39, 0.29) is 17.9 Å². The van der Waals surface area contributed by atoms with Gasteiger partial charge in [0.25, 0.3) is 0 Å². The van der Waals surface area contributed by atoms with Crippen molar-refractivity contribution in [1.29, 1.82) is 0 Å². The van der Waals surface area contributed by atoms with Crippen LogP contribution in [-0.4, -0.2) is 21.7 Å². The second-order valence-electron chi connectivity index (χ2n) is 8.27. The smallest absolute Gasteiger partial charge is 0.0654 e. The molecule has 4 aliphatic carbocycles. The third-order valence-electron chi connectivity index (χ3n) is 6.39. The first-order valence-corrected chi connectivity index (χ1v) is 9.08. The molecular formula is C20H26ClN3. The summed E-state index contributed by atoms with van der Waals surface area (Å²) >= 11 is 0. The minimum absolute atomic E-state index is 0. The van der Waals surface area contributed by atoms with Crippen molar-refractivity contribution in [3.8, 4) is 11.4 Å². The second kappa shape index (κ2) is 5.80. The number of aromatic nitrogens is 2.